The van der Waals surface area contributed by atoms with Crippen LogP contribution in [0.25, 0.3) is 5.65 Å². The Balaban J connectivity index is 1.72. The maximum absolute atomic E-state index is 13.5. The number of Topliss-reactive ketones (excluding diaryl/α,β-unsaturated/α-hetero) is 1. The van der Waals surface area contributed by atoms with Crippen molar-refractivity contribution in [3.05, 3.63) is 41.0 Å². The molecule has 1 aromatic carbocycles. The molecule has 1 N–H and O–H groups in total. The SMILES string of the molecule is COc1c(N2CCOCC2)cc(C(=O)C[n+]2[n-]c(=N)n3nc(OC(C)C)ccc32)cc1C(C)(C)C. The third-order valence-electron chi connectivity index (χ3n) is 5.88. The molecule has 3 heterocycles. The van der Waals surface area contributed by atoms with Gasteiger partial charge in [0.25, 0.3) is 0 Å². The number of carbonyl (C=O) groups is 1. The van der Waals surface area contributed by atoms with Crippen LogP contribution in [0.2, 0.25) is 0 Å². The lowest BCUT2D eigenvalue weighted by atomic mass is 9.84. The topological polar surface area (TPSA) is 107 Å². The molecule has 0 unspecified atom stereocenters. The predicted molar refractivity (Wildman–Crippen MR) is 129 cm³/mol. The maximum atomic E-state index is 13.5. The summed E-state index contributed by atoms with van der Waals surface area (Å²) in [6.07, 6.45) is -0.0425. The molecule has 0 radical (unpaired) electrons. The summed E-state index contributed by atoms with van der Waals surface area (Å²) in [6.45, 7) is 12.8. The van der Waals surface area contributed by atoms with Gasteiger partial charge < -0.3 is 24.5 Å². The van der Waals surface area contributed by atoms with Crippen molar-refractivity contribution < 1.29 is 23.7 Å². The highest BCUT2D eigenvalue weighted by Crippen LogP contribution is 2.40. The van der Waals surface area contributed by atoms with E-state index in [1.807, 2.05) is 26.0 Å². The number of hydrogen-bond donors (Lipinski definition) is 1. The Morgan fingerprint density at radius 3 is 2.60 bits per heavy atom. The van der Waals surface area contributed by atoms with Crippen LogP contribution in [-0.2, 0) is 16.7 Å². The van der Waals surface area contributed by atoms with Gasteiger partial charge in [-0.15, -0.1) is 0 Å². The molecule has 10 heteroatoms. The number of nitrogens with one attached hydrogen (secondary N) is 1. The summed E-state index contributed by atoms with van der Waals surface area (Å²) in [6, 6.07) is 7.29. The first-order chi connectivity index (χ1) is 16.6. The van der Waals surface area contributed by atoms with Crippen LogP contribution in [-0.4, -0.2) is 54.9 Å². The number of morpholine rings is 1. The zero-order valence-corrected chi connectivity index (χ0v) is 21.3. The van der Waals surface area contributed by atoms with E-state index >= 15 is 0 Å². The van der Waals surface area contributed by atoms with Gasteiger partial charge in [-0.25, -0.2) is 9.78 Å². The van der Waals surface area contributed by atoms with Crippen LogP contribution >= 0.6 is 0 Å². The maximum Gasteiger partial charge on any atom is 0.219 e. The molecule has 0 aliphatic carbocycles. The summed E-state index contributed by atoms with van der Waals surface area (Å²) in [4.78, 5) is 15.7. The van der Waals surface area contributed by atoms with E-state index in [0.717, 1.165) is 30.1 Å². The van der Waals surface area contributed by atoms with Crippen molar-refractivity contribution in [1.82, 2.24) is 14.7 Å². The third kappa shape index (κ3) is 5.17. The zero-order chi connectivity index (χ0) is 25.3. The van der Waals surface area contributed by atoms with Crippen molar-refractivity contribution >= 4 is 17.1 Å². The van der Waals surface area contributed by atoms with Crippen LogP contribution in [0.15, 0.2) is 24.3 Å². The minimum atomic E-state index is -0.234. The lowest BCUT2D eigenvalue weighted by Gasteiger charge is -2.33. The van der Waals surface area contributed by atoms with Gasteiger partial charge in [-0.3, -0.25) is 9.31 Å². The highest BCUT2D eigenvalue weighted by Gasteiger charge is 2.27. The van der Waals surface area contributed by atoms with Crippen LogP contribution < -0.4 is 29.8 Å². The standard InChI is InChI=1S/C25H34N6O4/c1-16(2)35-21-7-8-22-30(28-24(26)31(22)27-21)15-20(32)17-13-18(25(3,4)5)23(33-6)19(14-17)29-9-11-34-12-10-29/h7-8,13-14,16,26H,9-12,15H2,1-6H3. The molecule has 0 atom stereocenters. The first-order valence-electron chi connectivity index (χ1n) is 11.8. The minimum Gasteiger partial charge on any atom is -0.494 e. The molecule has 188 valence electrons. The zero-order valence-electron chi connectivity index (χ0n) is 21.3. The van der Waals surface area contributed by atoms with Gasteiger partial charge in [-0.05, 0) is 37.5 Å². The number of nitrogens with zero attached hydrogens (tertiary/aromatic N) is 5. The second-order valence-corrected chi connectivity index (χ2v) is 9.94. The van der Waals surface area contributed by atoms with Crippen molar-refractivity contribution in [2.45, 2.75) is 52.7 Å². The largest absolute Gasteiger partial charge is 0.494 e. The molecule has 35 heavy (non-hydrogen) atoms. The number of fused-ring (bicyclic) bond motifs is 1. The number of methoxy groups -OCH3 is 1. The van der Waals surface area contributed by atoms with Gasteiger partial charge in [-0.2, -0.15) is 5.10 Å². The lowest BCUT2D eigenvalue weighted by Crippen LogP contribution is -2.43. The summed E-state index contributed by atoms with van der Waals surface area (Å²) in [7, 11) is 1.67. The normalized spacial score (nSPS) is 14.5. The molecule has 0 bridgehead atoms. The number of aromatic nitrogens is 4. The number of anilines is 1. The molecule has 3 aromatic rings. The molecule has 4 rings (SSSR count). The Labute approximate surface area is 204 Å². The quantitative estimate of drug-likeness (QED) is 0.405. The number of ketones is 1. The Morgan fingerprint density at radius 1 is 1.26 bits per heavy atom. The second-order valence-electron chi connectivity index (χ2n) is 9.94. The molecule has 0 spiro atoms. The fourth-order valence-corrected chi connectivity index (χ4v) is 4.19. The van der Waals surface area contributed by atoms with Gasteiger partial charge in [-0.1, -0.05) is 20.8 Å². The summed E-state index contributed by atoms with van der Waals surface area (Å²) < 4.78 is 19.9. The molecule has 0 saturated carbocycles. The average Bonchev–Trinajstić information content (AvgIpc) is 3.12. The van der Waals surface area contributed by atoms with Crippen LogP contribution in [0.5, 0.6) is 11.6 Å². The molecule has 1 aliphatic heterocycles. The number of rotatable bonds is 7. The first kappa shape index (κ1) is 24.7. The molecular weight excluding hydrogens is 448 g/mol. The van der Waals surface area contributed by atoms with Gasteiger partial charge in [0, 0.05) is 30.3 Å². The van der Waals surface area contributed by atoms with Gasteiger partial charge >= 0.3 is 0 Å². The summed E-state index contributed by atoms with van der Waals surface area (Å²) in [5, 5.41) is 16.8. The Morgan fingerprint density at radius 2 is 1.97 bits per heavy atom. The highest BCUT2D eigenvalue weighted by atomic mass is 16.5. The molecule has 1 saturated heterocycles. The number of carbonyl (C=O) groups excluding carboxylic acids is 1. The van der Waals surface area contributed by atoms with Gasteiger partial charge in [0.1, 0.15) is 5.75 Å². The van der Waals surface area contributed by atoms with Crippen molar-refractivity contribution in [3.63, 3.8) is 0 Å². The molecule has 0 amide bonds. The van der Waals surface area contributed by atoms with E-state index in [1.165, 1.54) is 9.20 Å². The van der Waals surface area contributed by atoms with Crippen LogP contribution in [0.4, 0.5) is 5.69 Å². The summed E-state index contributed by atoms with van der Waals surface area (Å²) in [5.74, 6) is 1.07. The summed E-state index contributed by atoms with van der Waals surface area (Å²) in [5.41, 5.74) is 2.67. The van der Waals surface area contributed by atoms with E-state index in [0.29, 0.717) is 30.3 Å². The van der Waals surface area contributed by atoms with Crippen LogP contribution in [0.3, 0.4) is 0 Å². The van der Waals surface area contributed by atoms with Gasteiger partial charge in [0.15, 0.2) is 12.2 Å². The average molecular weight is 483 g/mol. The van der Waals surface area contributed by atoms with E-state index in [1.54, 1.807) is 19.2 Å². The third-order valence-corrected chi connectivity index (χ3v) is 5.88. The van der Waals surface area contributed by atoms with E-state index in [-0.39, 0.29) is 29.5 Å². The predicted octanol–water partition coefficient (Wildman–Crippen LogP) is 1.87. The smallest absolute Gasteiger partial charge is 0.219 e. The lowest BCUT2D eigenvalue weighted by molar-refractivity contribution is -0.721. The van der Waals surface area contributed by atoms with Crippen LogP contribution in [0.1, 0.15) is 50.5 Å². The van der Waals surface area contributed by atoms with Crippen molar-refractivity contribution in [3.8, 4) is 11.6 Å². The van der Waals surface area contributed by atoms with E-state index < -0.39 is 0 Å². The Hall–Kier alpha value is -3.40. The van der Waals surface area contributed by atoms with Crippen molar-refractivity contribution in [2.24, 2.45) is 0 Å². The minimum absolute atomic E-state index is 0.0209. The van der Waals surface area contributed by atoms with E-state index in [4.69, 9.17) is 19.6 Å². The van der Waals surface area contributed by atoms with E-state index in [9.17, 15) is 4.79 Å². The van der Waals surface area contributed by atoms with Gasteiger partial charge in [0.2, 0.25) is 11.7 Å². The first-order valence-corrected chi connectivity index (χ1v) is 11.8. The number of benzene rings is 1. The molecular formula is C25H34N6O4. The number of ether oxygens (including phenoxy) is 3. The van der Waals surface area contributed by atoms with Gasteiger partial charge in [0.05, 0.1) is 37.7 Å². The van der Waals surface area contributed by atoms with Crippen molar-refractivity contribution in [1.29, 1.82) is 5.41 Å². The Bertz CT molecular complexity index is 1280. The monoisotopic (exact) mass is 482 g/mol. The Kier molecular flexibility index (Phi) is 6.84. The molecule has 1 aliphatic rings. The van der Waals surface area contributed by atoms with E-state index in [2.05, 4.69) is 35.9 Å². The summed E-state index contributed by atoms with van der Waals surface area (Å²) >= 11 is 0. The number of hydrogen-bond acceptors (Lipinski definition) is 7. The molecule has 10 nitrogen and oxygen atoms in total. The van der Waals surface area contributed by atoms with Crippen molar-refractivity contribution in [2.75, 3.05) is 38.3 Å². The fraction of sp³-hybridized carbons (Fsp3) is 0.520. The molecule has 1 fully saturated rings. The second kappa shape index (κ2) is 9.69. The van der Waals surface area contributed by atoms with Crippen LogP contribution in [0, 0.1) is 5.41 Å². The fourth-order valence-electron chi connectivity index (χ4n) is 4.19. The molecule has 2 aromatic heterocycles. The highest BCUT2D eigenvalue weighted by molar-refractivity contribution is 5.97.